The van der Waals surface area contributed by atoms with Crippen molar-refractivity contribution < 1.29 is 24.9 Å². The van der Waals surface area contributed by atoms with Crippen molar-refractivity contribution in [2.75, 3.05) is 6.61 Å². The highest BCUT2D eigenvalue weighted by atomic mass is 16.5. The number of rotatable bonds is 5. The number of phenols is 1. The van der Waals surface area contributed by atoms with Crippen LogP contribution in [0.3, 0.4) is 0 Å². The third-order valence-corrected chi connectivity index (χ3v) is 3.82. The Balaban J connectivity index is 1.91. The van der Waals surface area contributed by atoms with Crippen LogP contribution in [0.2, 0.25) is 0 Å². The third kappa shape index (κ3) is 3.43. The van der Waals surface area contributed by atoms with E-state index in [4.69, 9.17) is 4.74 Å². The van der Waals surface area contributed by atoms with Gasteiger partial charge in [-0.25, -0.2) is 0 Å². The Hall–Kier alpha value is -1.85. The number of hydrogen-bond acceptors (Lipinski definition) is 5. The van der Waals surface area contributed by atoms with Crippen LogP contribution < -0.4 is 0 Å². The van der Waals surface area contributed by atoms with Crippen LogP contribution in [0, 0.1) is 0 Å². The summed E-state index contributed by atoms with van der Waals surface area (Å²) in [5.41, 5.74) is -0.690. The monoisotopic (exact) mass is 292 g/mol. The molecule has 1 aliphatic rings. The van der Waals surface area contributed by atoms with Gasteiger partial charge in [-0.05, 0) is 24.1 Å². The summed E-state index contributed by atoms with van der Waals surface area (Å²) in [6, 6.07) is 6.79. The molecular formula is C16H20O5. The molecule has 5 heteroatoms. The molecule has 5 nitrogen and oxygen atoms in total. The van der Waals surface area contributed by atoms with E-state index >= 15 is 0 Å². The van der Waals surface area contributed by atoms with Crippen LogP contribution in [0.5, 0.6) is 5.75 Å². The number of aromatic hydroxyl groups is 1. The van der Waals surface area contributed by atoms with Crippen molar-refractivity contribution in [3.63, 3.8) is 0 Å². The van der Waals surface area contributed by atoms with E-state index in [-0.39, 0.29) is 18.6 Å². The highest BCUT2D eigenvalue weighted by Crippen LogP contribution is 2.28. The zero-order chi connectivity index (χ0) is 15.5. The highest BCUT2D eigenvalue weighted by molar-refractivity contribution is 5.98. The minimum Gasteiger partial charge on any atom is -0.508 e. The van der Waals surface area contributed by atoms with Gasteiger partial charge >= 0.3 is 0 Å². The first-order valence-electron chi connectivity index (χ1n) is 7.02. The summed E-state index contributed by atoms with van der Waals surface area (Å²) in [4.78, 5) is 11.8. The van der Waals surface area contributed by atoms with Gasteiger partial charge in [0, 0.05) is 18.9 Å². The minimum absolute atomic E-state index is 0.131. The van der Waals surface area contributed by atoms with Crippen molar-refractivity contribution in [2.45, 2.75) is 37.9 Å². The van der Waals surface area contributed by atoms with Crippen LogP contribution in [0.25, 0.3) is 0 Å². The number of carbonyl (C=O) groups is 1. The molecule has 0 radical (unpaired) electrons. The molecule has 0 unspecified atom stereocenters. The molecule has 114 valence electrons. The first-order valence-corrected chi connectivity index (χ1v) is 7.02. The molecule has 0 saturated heterocycles. The molecule has 0 aliphatic heterocycles. The summed E-state index contributed by atoms with van der Waals surface area (Å²) in [6.07, 6.45) is 1.06. The Labute approximate surface area is 123 Å². The lowest BCUT2D eigenvalue weighted by molar-refractivity contribution is -0.149. The molecule has 0 bridgehead atoms. The third-order valence-electron chi connectivity index (χ3n) is 3.82. The molecule has 1 aliphatic carbocycles. The number of ether oxygens (including phenoxy) is 1. The van der Waals surface area contributed by atoms with Crippen molar-refractivity contribution in [3.8, 4) is 5.75 Å². The van der Waals surface area contributed by atoms with Crippen LogP contribution in [0.15, 0.2) is 36.1 Å². The summed E-state index contributed by atoms with van der Waals surface area (Å²) in [7, 11) is 0. The molecule has 0 fully saturated rings. The summed E-state index contributed by atoms with van der Waals surface area (Å²) in [5, 5.41) is 29.1. The average molecular weight is 292 g/mol. The number of phenolic OH excluding ortho intramolecular Hbond substituents is 1. The Morgan fingerprint density at radius 2 is 2.00 bits per heavy atom. The number of benzene rings is 1. The van der Waals surface area contributed by atoms with Gasteiger partial charge in [-0.2, -0.15) is 0 Å². The molecule has 0 saturated carbocycles. The number of hydrogen-bond donors (Lipinski definition) is 3. The van der Waals surface area contributed by atoms with Gasteiger partial charge in [-0.3, -0.25) is 4.79 Å². The number of carbonyl (C=O) groups excluding carboxylic acids is 1. The van der Waals surface area contributed by atoms with Gasteiger partial charge in [-0.1, -0.05) is 19.1 Å². The maximum atomic E-state index is 11.8. The van der Waals surface area contributed by atoms with E-state index in [1.165, 1.54) is 6.08 Å². The van der Waals surface area contributed by atoms with Crippen LogP contribution in [-0.2, 0) is 16.0 Å². The van der Waals surface area contributed by atoms with Gasteiger partial charge in [0.15, 0.2) is 11.4 Å². The topological polar surface area (TPSA) is 87.0 Å². The van der Waals surface area contributed by atoms with E-state index in [0.29, 0.717) is 18.8 Å². The summed E-state index contributed by atoms with van der Waals surface area (Å²) < 4.78 is 5.50. The van der Waals surface area contributed by atoms with E-state index in [9.17, 15) is 20.1 Å². The molecule has 0 aromatic heterocycles. The fraction of sp³-hybridized carbons (Fsp3) is 0.438. The predicted octanol–water partition coefficient (Wildman–Crippen LogP) is 1.31. The van der Waals surface area contributed by atoms with Gasteiger partial charge < -0.3 is 20.1 Å². The van der Waals surface area contributed by atoms with Crippen LogP contribution in [-0.4, -0.2) is 39.4 Å². The van der Waals surface area contributed by atoms with Crippen LogP contribution >= 0.6 is 0 Å². The standard InChI is InChI=1S/C16H20O5/c1-2-16(20)14(18)9-13(10-15(16)19)21-8-7-11-3-5-12(17)6-4-11/h3-6,9,15,17,19-20H,2,7-8,10H2,1H3/t15-,16-/m0/s1. The van der Waals surface area contributed by atoms with Crippen molar-refractivity contribution in [1.29, 1.82) is 0 Å². The van der Waals surface area contributed by atoms with Gasteiger partial charge in [0.05, 0.1) is 12.7 Å². The molecule has 3 N–H and O–H groups in total. The molecule has 0 heterocycles. The highest BCUT2D eigenvalue weighted by Gasteiger charge is 2.44. The van der Waals surface area contributed by atoms with E-state index in [2.05, 4.69) is 0 Å². The van der Waals surface area contributed by atoms with Gasteiger partial charge in [0.1, 0.15) is 11.5 Å². The maximum Gasteiger partial charge on any atom is 0.193 e. The van der Waals surface area contributed by atoms with E-state index < -0.39 is 17.5 Å². The largest absolute Gasteiger partial charge is 0.508 e. The quantitative estimate of drug-likeness (QED) is 0.761. The molecule has 1 aromatic carbocycles. The fourth-order valence-electron chi connectivity index (χ4n) is 2.33. The SMILES string of the molecule is CC[C@]1(O)C(=O)C=C(OCCc2ccc(O)cc2)C[C@@H]1O. The van der Waals surface area contributed by atoms with Crippen molar-refractivity contribution in [1.82, 2.24) is 0 Å². The second-order valence-electron chi connectivity index (χ2n) is 5.24. The summed E-state index contributed by atoms with van der Waals surface area (Å²) >= 11 is 0. The predicted molar refractivity (Wildman–Crippen MR) is 76.7 cm³/mol. The summed E-state index contributed by atoms with van der Waals surface area (Å²) in [5.74, 6) is 0.0926. The van der Waals surface area contributed by atoms with E-state index in [0.717, 1.165) is 5.56 Å². The smallest absolute Gasteiger partial charge is 0.193 e. The molecule has 21 heavy (non-hydrogen) atoms. The van der Waals surface area contributed by atoms with Crippen molar-refractivity contribution in [2.24, 2.45) is 0 Å². The molecule has 1 aromatic rings. The fourth-order valence-corrected chi connectivity index (χ4v) is 2.33. The molecular weight excluding hydrogens is 272 g/mol. The van der Waals surface area contributed by atoms with Gasteiger partial charge in [0.25, 0.3) is 0 Å². The zero-order valence-corrected chi connectivity index (χ0v) is 12.0. The second kappa shape index (κ2) is 6.28. The Bertz CT molecular complexity index is 534. The molecule has 2 rings (SSSR count). The first-order chi connectivity index (χ1) is 9.95. The zero-order valence-electron chi connectivity index (χ0n) is 12.0. The lowest BCUT2D eigenvalue weighted by Crippen LogP contribution is -2.51. The number of ketones is 1. The van der Waals surface area contributed by atoms with Crippen molar-refractivity contribution in [3.05, 3.63) is 41.7 Å². The molecule has 0 amide bonds. The average Bonchev–Trinajstić information content (AvgIpc) is 2.46. The number of aliphatic hydroxyl groups excluding tert-OH is 1. The van der Waals surface area contributed by atoms with E-state index in [1.807, 2.05) is 0 Å². The maximum absolute atomic E-state index is 11.8. The second-order valence-corrected chi connectivity index (χ2v) is 5.24. The Morgan fingerprint density at radius 1 is 1.33 bits per heavy atom. The Kier molecular flexibility index (Phi) is 4.65. The summed E-state index contributed by atoms with van der Waals surface area (Å²) in [6.45, 7) is 2.02. The van der Waals surface area contributed by atoms with E-state index in [1.54, 1.807) is 31.2 Å². The van der Waals surface area contributed by atoms with Crippen LogP contribution in [0.1, 0.15) is 25.3 Å². The normalized spacial score (nSPS) is 25.6. The molecule has 0 spiro atoms. The van der Waals surface area contributed by atoms with Crippen LogP contribution in [0.4, 0.5) is 0 Å². The van der Waals surface area contributed by atoms with Gasteiger partial charge in [-0.15, -0.1) is 0 Å². The first kappa shape index (κ1) is 15.5. The molecule has 2 atom stereocenters. The van der Waals surface area contributed by atoms with Gasteiger partial charge in [0.2, 0.25) is 0 Å². The minimum atomic E-state index is -1.69. The van der Waals surface area contributed by atoms with Crippen molar-refractivity contribution >= 4 is 5.78 Å². The number of aliphatic hydroxyl groups is 2. The Morgan fingerprint density at radius 3 is 2.57 bits per heavy atom. The lowest BCUT2D eigenvalue weighted by Gasteiger charge is -2.33. The lowest BCUT2D eigenvalue weighted by atomic mass is 9.82.